The van der Waals surface area contributed by atoms with Crippen molar-refractivity contribution in [3.63, 3.8) is 0 Å². The minimum atomic E-state index is -0.284. The predicted molar refractivity (Wildman–Crippen MR) is 103 cm³/mol. The smallest absolute Gasteiger partial charge is 0.222 e. The van der Waals surface area contributed by atoms with Crippen molar-refractivity contribution in [1.82, 2.24) is 9.97 Å². The van der Waals surface area contributed by atoms with Gasteiger partial charge in [-0.05, 0) is 64.1 Å². The van der Waals surface area contributed by atoms with E-state index < -0.39 is 0 Å². The van der Waals surface area contributed by atoms with Crippen LogP contribution in [-0.4, -0.2) is 15.6 Å². The third-order valence-electron chi connectivity index (χ3n) is 3.44. The summed E-state index contributed by atoms with van der Waals surface area (Å²) in [6.07, 6.45) is 1.72. The van der Waals surface area contributed by atoms with Crippen LogP contribution in [0.2, 0.25) is 0 Å². The average molecular weight is 349 g/mol. The zero-order chi connectivity index (χ0) is 18.6. The summed E-state index contributed by atoms with van der Waals surface area (Å²) in [6.45, 7) is 7.96. The number of hydrogen-bond acceptors (Lipinski definition) is 5. The number of aryl methyl sites for hydroxylation is 1. The van der Waals surface area contributed by atoms with Crippen LogP contribution in [0, 0.1) is 6.92 Å². The highest BCUT2D eigenvalue weighted by Crippen LogP contribution is 2.25. The summed E-state index contributed by atoms with van der Waals surface area (Å²) in [5, 5.41) is 3.27. The van der Waals surface area contributed by atoms with Crippen LogP contribution in [0.3, 0.4) is 0 Å². The van der Waals surface area contributed by atoms with Gasteiger partial charge in [0.15, 0.2) is 0 Å². The van der Waals surface area contributed by atoms with Gasteiger partial charge in [-0.25, -0.2) is 4.98 Å². The van der Waals surface area contributed by atoms with Gasteiger partial charge >= 0.3 is 0 Å². The standard InChI is InChI=1S/C21H23N3O2/c1-15-7-6-14-22-20(15)25-17-12-10-16(11-13-17)23-18-8-5-9-19(24-18)26-21(2,3)4/h5-14H,1-4H3,(H,23,24). The number of ether oxygens (including phenoxy) is 2. The van der Waals surface area contributed by atoms with Crippen LogP contribution in [0.4, 0.5) is 11.5 Å². The Bertz CT molecular complexity index is 871. The highest BCUT2D eigenvalue weighted by Gasteiger charge is 2.12. The lowest BCUT2D eigenvalue weighted by Crippen LogP contribution is -2.23. The first kappa shape index (κ1) is 17.7. The van der Waals surface area contributed by atoms with Gasteiger partial charge in [-0.2, -0.15) is 4.98 Å². The van der Waals surface area contributed by atoms with E-state index in [1.54, 1.807) is 6.20 Å². The summed E-state index contributed by atoms with van der Waals surface area (Å²) in [6, 6.07) is 17.2. The second kappa shape index (κ2) is 7.44. The zero-order valence-corrected chi connectivity index (χ0v) is 15.5. The quantitative estimate of drug-likeness (QED) is 0.659. The molecule has 0 unspecified atom stereocenters. The molecule has 0 aliphatic carbocycles. The van der Waals surface area contributed by atoms with Crippen molar-refractivity contribution in [2.75, 3.05) is 5.32 Å². The van der Waals surface area contributed by atoms with E-state index in [-0.39, 0.29) is 5.60 Å². The van der Waals surface area contributed by atoms with Crippen molar-refractivity contribution in [2.45, 2.75) is 33.3 Å². The van der Waals surface area contributed by atoms with E-state index in [4.69, 9.17) is 9.47 Å². The van der Waals surface area contributed by atoms with Crippen LogP contribution < -0.4 is 14.8 Å². The normalized spacial score (nSPS) is 11.1. The summed E-state index contributed by atoms with van der Waals surface area (Å²) in [4.78, 5) is 8.72. The molecule has 5 nitrogen and oxygen atoms in total. The minimum Gasteiger partial charge on any atom is -0.472 e. The molecule has 26 heavy (non-hydrogen) atoms. The van der Waals surface area contributed by atoms with E-state index in [9.17, 15) is 0 Å². The lowest BCUT2D eigenvalue weighted by molar-refractivity contribution is 0.124. The molecular weight excluding hydrogens is 326 g/mol. The topological polar surface area (TPSA) is 56.3 Å². The molecule has 0 spiro atoms. The molecule has 2 heterocycles. The summed E-state index contributed by atoms with van der Waals surface area (Å²) in [7, 11) is 0. The second-order valence-corrected chi connectivity index (χ2v) is 6.95. The molecule has 134 valence electrons. The zero-order valence-electron chi connectivity index (χ0n) is 15.5. The Morgan fingerprint density at radius 2 is 1.69 bits per heavy atom. The molecule has 0 saturated heterocycles. The third-order valence-corrected chi connectivity index (χ3v) is 3.44. The van der Waals surface area contributed by atoms with Crippen LogP contribution >= 0.6 is 0 Å². The Labute approximate surface area is 154 Å². The SMILES string of the molecule is Cc1cccnc1Oc1ccc(Nc2cccc(OC(C)(C)C)n2)cc1. The maximum atomic E-state index is 5.81. The largest absolute Gasteiger partial charge is 0.472 e. The van der Waals surface area contributed by atoms with E-state index >= 15 is 0 Å². The van der Waals surface area contributed by atoms with E-state index in [1.165, 1.54) is 0 Å². The molecular formula is C21H23N3O2. The van der Waals surface area contributed by atoms with Crippen LogP contribution in [0.5, 0.6) is 17.5 Å². The summed E-state index contributed by atoms with van der Waals surface area (Å²) in [5.41, 5.74) is 1.62. The van der Waals surface area contributed by atoms with Gasteiger partial charge in [0.05, 0.1) is 0 Å². The number of aromatic nitrogens is 2. The van der Waals surface area contributed by atoms with Crippen molar-refractivity contribution < 1.29 is 9.47 Å². The van der Waals surface area contributed by atoms with Gasteiger partial charge < -0.3 is 14.8 Å². The van der Waals surface area contributed by atoms with Crippen LogP contribution in [0.15, 0.2) is 60.8 Å². The van der Waals surface area contributed by atoms with Gasteiger partial charge in [0.2, 0.25) is 11.8 Å². The van der Waals surface area contributed by atoms with Gasteiger partial charge in [-0.3, -0.25) is 0 Å². The van der Waals surface area contributed by atoms with E-state index in [1.807, 2.05) is 82.3 Å². The Kier molecular flexibility index (Phi) is 5.07. The highest BCUT2D eigenvalue weighted by molar-refractivity contribution is 5.57. The number of anilines is 2. The fourth-order valence-corrected chi connectivity index (χ4v) is 2.30. The Balaban J connectivity index is 1.68. The Morgan fingerprint density at radius 1 is 0.923 bits per heavy atom. The molecule has 0 aliphatic rings. The number of pyridine rings is 2. The molecule has 0 radical (unpaired) electrons. The number of nitrogens with one attached hydrogen (secondary N) is 1. The van der Waals surface area contributed by atoms with Crippen LogP contribution in [-0.2, 0) is 0 Å². The molecule has 0 bridgehead atoms. The molecule has 3 rings (SSSR count). The summed E-state index contributed by atoms with van der Waals surface area (Å²) >= 11 is 0. The fraction of sp³-hybridized carbons (Fsp3) is 0.238. The Hall–Kier alpha value is -3.08. The molecule has 0 fully saturated rings. The lowest BCUT2D eigenvalue weighted by Gasteiger charge is -2.20. The summed E-state index contributed by atoms with van der Waals surface area (Å²) in [5.74, 6) is 2.66. The summed E-state index contributed by atoms with van der Waals surface area (Å²) < 4.78 is 11.6. The van der Waals surface area contributed by atoms with Crippen molar-refractivity contribution in [2.24, 2.45) is 0 Å². The molecule has 0 amide bonds. The molecule has 3 aromatic rings. The maximum absolute atomic E-state index is 5.81. The van der Waals surface area contributed by atoms with Crippen LogP contribution in [0.25, 0.3) is 0 Å². The molecule has 1 aromatic carbocycles. The van der Waals surface area contributed by atoms with Crippen molar-refractivity contribution >= 4 is 11.5 Å². The van der Waals surface area contributed by atoms with E-state index in [0.717, 1.165) is 22.8 Å². The van der Waals surface area contributed by atoms with Gasteiger partial charge in [0, 0.05) is 23.5 Å². The second-order valence-electron chi connectivity index (χ2n) is 6.95. The first-order valence-electron chi connectivity index (χ1n) is 8.52. The molecule has 5 heteroatoms. The fourth-order valence-electron chi connectivity index (χ4n) is 2.30. The first-order valence-corrected chi connectivity index (χ1v) is 8.52. The number of benzene rings is 1. The minimum absolute atomic E-state index is 0.284. The molecule has 0 saturated carbocycles. The van der Waals surface area contributed by atoms with E-state index in [2.05, 4.69) is 15.3 Å². The van der Waals surface area contributed by atoms with Gasteiger partial charge in [0.1, 0.15) is 17.2 Å². The molecule has 1 N–H and O–H groups in total. The van der Waals surface area contributed by atoms with Crippen molar-refractivity contribution in [3.05, 3.63) is 66.4 Å². The highest BCUT2D eigenvalue weighted by atomic mass is 16.5. The van der Waals surface area contributed by atoms with Crippen LogP contribution in [0.1, 0.15) is 26.3 Å². The van der Waals surface area contributed by atoms with Crippen molar-refractivity contribution in [3.8, 4) is 17.5 Å². The van der Waals surface area contributed by atoms with Gasteiger partial charge in [-0.1, -0.05) is 12.1 Å². The van der Waals surface area contributed by atoms with Crippen molar-refractivity contribution in [1.29, 1.82) is 0 Å². The Morgan fingerprint density at radius 3 is 2.38 bits per heavy atom. The number of rotatable bonds is 5. The maximum Gasteiger partial charge on any atom is 0.222 e. The molecule has 0 aliphatic heterocycles. The third kappa shape index (κ3) is 4.96. The predicted octanol–water partition coefficient (Wildman–Crippen LogP) is 5.50. The van der Waals surface area contributed by atoms with Gasteiger partial charge in [0.25, 0.3) is 0 Å². The lowest BCUT2D eigenvalue weighted by atomic mass is 10.2. The first-order chi connectivity index (χ1) is 12.4. The number of nitrogens with zero attached hydrogens (tertiary/aromatic N) is 2. The van der Waals surface area contributed by atoms with Gasteiger partial charge in [-0.15, -0.1) is 0 Å². The average Bonchev–Trinajstić information content (AvgIpc) is 2.57. The molecule has 0 atom stereocenters. The monoisotopic (exact) mass is 349 g/mol. The molecule has 2 aromatic heterocycles. The number of hydrogen-bond donors (Lipinski definition) is 1. The van der Waals surface area contributed by atoms with E-state index in [0.29, 0.717) is 11.8 Å².